The molecule has 0 saturated carbocycles. The summed E-state index contributed by atoms with van der Waals surface area (Å²) in [4.78, 5) is 4.20. The largest absolute Gasteiger partial charge is 0.308 e. The molecule has 9 heteroatoms. The second-order valence-corrected chi connectivity index (χ2v) is 8.74. The highest BCUT2D eigenvalue weighted by Gasteiger charge is 2.36. The molecule has 2 aromatic carbocycles. The third-order valence-electron chi connectivity index (χ3n) is 5.20. The van der Waals surface area contributed by atoms with E-state index in [0.29, 0.717) is 18.2 Å². The average Bonchev–Trinajstić information content (AvgIpc) is 3.45. The second-order valence-electron chi connectivity index (χ2n) is 8.74. The predicted octanol–water partition coefficient (Wildman–Crippen LogP) is 4.97. The molecule has 4 rings (SSSR count). The Morgan fingerprint density at radius 3 is 2.31 bits per heavy atom. The van der Waals surface area contributed by atoms with Gasteiger partial charge in [0.05, 0.1) is 6.54 Å². The van der Waals surface area contributed by atoms with E-state index in [-0.39, 0.29) is 6.42 Å². The summed E-state index contributed by atoms with van der Waals surface area (Å²) >= 11 is 0. The van der Waals surface area contributed by atoms with Crippen molar-refractivity contribution in [1.29, 1.82) is 0 Å². The van der Waals surface area contributed by atoms with E-state index in [9.17, 15) is 8.78 Å². The molecule has 32 heavy (non-hydrogen) atoms. The van der Waals surface area contributed by atoms with Crippen molar-refractivity contribution >= 4 is 0 Å². The summed E-state index contributed by atoms with van der Waals surface area (Å²) in [6.07, 6.45) is -0.335. The Bertz CT molecular complexity index is 1190. The Balaban J connectivity index is 1.60. The SMILES string of the molecule is CCC(F)(F)c1nc(C(C)(C)C)n(Cc2ccc(-c3cccc(-c4nn[nH]n4)c3)cc2)n1. The van der Waals surface area contributed by atoms with Gasteiger partial charge in [-0.25, -0.2) is 9.67 Å². The Morgan fingerprint density at radius 1 is 0.969 bits per heavy atom. The normalized spacial score (nSPS) is 12.3. The zero-order chi connectivity index (χ0) is 22.9. The van der Waals surface area contributed by atoms with Crippen molar-refractivity contribution in [1.82, 2.24) is 35.4 Å². The fourth-order valence-electron chi connectivity index (χ4n) is 3.42. The highest BCUT2D eigenvalue weighted by Crippen LogP contribution is 2.31. The first-order valence-electron chi connectivity index (χ1n) is 10.4. The van der Waals surface area contributed by atoms with E-state index in [1.54, 1.807) is 4.68 Å². The van der Waals surface area contributed by atoms with Crippen LogP contribution in [0.3, 0.4) is 0 Å². The number of halogens is 2. The van der Waals surface area contributed by atoms with Crippen LogP contribution in [0.1, 0.15) is 51.3 Å². The molecule has 0 aliphatic rings. The summed E-state index contributed by atoms with van der Waals surface area (Å²) in [5.41, 5.74) is 3.43. The third kappa shape index (κ3) is 4.42. The maximum atomic E-state index is 14.2. The molecule has 4 aromatic rings. The molecular weight excluding hydrogens is 412 g/mol. The van der Waals surface area contributed by atoms with Gasteiger partial charge in [0.1, 0.15) is 5.82 Å². The number of aromatic nitrogens is 7. The lowest BCUT2D eigenvalue weighted by atomic mass is 9.95. The minimum Gasteiger partial charge on any atom is -0.245 e. The van der Waals surface area contributed by atoms with Crippen LogP contribution in [0.5, 0.6) is 0 Å². The van der Waals surface area contributed by atoms with Crippen LogP contribution in [-0.2, 0) is 17.9 Å². The summed E-state index contributed by atoms with van der Waals surface area (Å²) in [5, 5.41) is 18.3. The summed E-state index contributed by atoms with van der Waals surface area (Å²) in [6.45, 7) is 7.63. The fraction of sp³-hybridized carbons (Fsp3) is 0.348. The second kappa shape index (κ2) is 8.22. The molecule has 0 radical (unpaired) electrons. The van der Waals surface area contributed by atoms with Crippen LogP contribution in [-0.4, -0.2) is 35.4 Å². The molecule has 0 unspecified atom stereocenters. The highest BCUT2D eigenvalue weighted by atomic mass is 19.3. The first kappa shape index (κ1) is 21.7. The van der Waals surface area contributed by atoms with Crippen molar-refractivity contribution in [3.63, 3.8) is 0 Å². The van der Waals surface area contributed by atoms with E-state index in [1.165, 1.54) is 6.92 Å². The van der Waals surface area contributed by atoms with Gasteiger partial charge in [0.25, 0.3) is 0 Å². The van der Waals surface area contributed by atoms with E-state index < -0.39 is 17.2 Å². The number of nitrogens with zero attached hydrogens (tertiary/aromatic N) is 6. The van der Waals surface area contributed by atoms with Gasteiger partial charge in [0.15, 0.2) is 0 Å². The van der Waals surface area contributed by atoms with Crippen LogP contribution < -0.4 is 0 Å². The monoisotopic (exact) mass is 437 g/mol. The zero-order valence-electron chi connectivity index (χ0n) is 18.5. The van der Waals surface area contributed by atoms with Gasteiger partial charge in [-0.1, -0.05) is 70.2 Å². The first-order chi connectivity index (χ1) is 15.2. The van der Waals surface area contributed by atoms with Crippen LogP contribution in [0.4, 0.5) is 8.78 Å². The Hall–Kier alpha value is -3.49. The number of hydrogen-bond acceptors (Lipinski definition) is 5. The zero-order valence-corrected chi connectivity index (χ0v) is 18.5. The number of H-pyrrole nitrogens is 1. The lowest BCUT2D eigenvalue weighted by Crippen LogP contribution is -2.20. The molecule has 0 spiro atoms. The summed E-state index contributed by atoms with van der Waals surface area (Å²) in [7, 11) is 0. The molecule has 1 N–H and O–H groups in total. The molecular formula is C23H25F2N7. The maximum Gasteiger partial charge on any atom is 0.308 e. The number of alkyl halides is 2. The van der Waals surface area contributed by atoms with E-state index in [0.717, 1.165) is 22.3 Å². The molecule has 0 aliphatic carbocycles. The minimum atomic E-state index is -3.04. The van der Waals surface area contributed by atoms with E-state index in [1.807, 2.05) is 69.3 Å². The summed E-state index contributed by atoms with van der Waals surface area (Å²) < 4.78 is 30.0. The third-order valence-corrected chi connectivity index (χ3v) is 5.20. The quantitative estimate of drug-likeness (QED) is 0.460. The molecule has 166 valence electrons. The van der Waals surface area contributed by atoms with Crippen molar-refractivity contribution in [3.05, 3.63) is 65.7 Å². The summed E-state index contributed by atoms with van der Waals surface area (Å²) in [5.74, 6) is -2.39. The number of hydrogen-bond donors (Lipinski definition) is 1. The fourth-order valence-corrected chi connectivity index (χ4v) is 3.42. The van der Waals surface area contributed by atoms with Crippen LogP contribution in [0, 0.1) is 0 Å². The van der Waals surface area contributed by atoms with Gasteiger partial charge < -0.3 is 0 Å². The molecule has 0 amide bonds. The van der Waals surface area contributed by atoms with Crippen LogP contribution in [0.25, 0.3) is 22.5 Å². The molecule has 2 heterocycles. The van der Waals surface area contributed by atoms with Gasteiger partial charge in [-0.15, -0.1) is 15.3 Å². The van der Waals surface area contributed by atoms with Gasteiger partial charge in [0.2, 0.25) is 11.6 Å². The first-order valence-corrected chi connectivity index (χ1v) is 10.4. The average molecular weight is 437 g/mol. The molecule has 0 atom stereocenters. The highest BCUT2D eigenvalue weighted by molar-refractivity contribution is 5.70. The number of nitrogens with one attached hydrogen (secondary N) is 1. The van der Waals surface area contributed by atoms with Crippen LogP contribution in [0.15, 0.2) is 48.5 Å². The molecule has 0 aliphatic heterocycles. The topological polar surface area (TPSA) is 85.2 Å². The van der Waals surface area contributed by atoms with Gasteiger partial charge in [-0.05, 0) is 28.0 Å². The predicted molar refractivity (Wildman–Crippen MR) is 117 cm³/mol. The van der Waals surface area contributed by atoms with Crippen LogP contribution >= 0.6 is 0 Å². The lowest BCUT2D eigenvalue weighted by molar-refractivity contribution is -0.0177. The smallest absolute Gasteiger partial charge is 0.245 e. The Morgan fingerprint density at radius 2 is 1.69 bits per heavy atom. The van der Waals surface area contributed by atoms with Gasteiger partial charge in [-0.3, -0.25) is 0 Å². The molecule has 0 bridgehead atoms. The number of rotatable bonds is 6. The maximum absolute atomic E-state index is 14.2. The number of tetrazole rings is 1. The van der Waals surface area contributed by atoms with E-state index >= 15 is 0 Å². The van der Waals surface area contributed by atoms with E-state index in [2.05, 4.69) is 30.7 Å². The lowest BCUT2D eigenvalue weighted by Gasteiger charge is -2.18. The molecule has 0 fully saturated rings. The van der Waals surface area contributed by atoms with Gasteiger partial charge in [0, 0.05) is 17.4 Å². The Kier molecular flexibility index (Phi) is 5.58. The van der Waals surface area contributed by atoms with Gasteiger partial charge >= 0.3 is 5.92 Å². The molecule has 0 saturated heterocycles. The van der Waals surface area contributed by atoms with Crippen LogP contribution in [0.2, 0.25) is 0 Å². The Labute approximate surface area is 184 Å². The van der Waals surface area contributed by atoms with Crippen molar-refractivity contribution in [2.24, 2.45) is 0 Å². The van der Waals surface area contributed by atoms with Crippen molar-refractivity contribution in [2.45, 2.75) is 52.0 Å². The summed E-state index contributed by atoms with van der Waals surface area (Å²) in [6, 6.07) is 15.8. The van der Waals surface area contributed by atoms with E-state index in [4.69, 9.17) is 0 Å². The van der Waals surface area contributed by atoms with Crippen molar-refractivity contribution in [2.75, 3.05) is 0 Å². The molecule has 2 aromatic heterocycles. The number of aromatic amines is 1. The number of benzene rings is 2. The standard InChI is InChI=1S/C23H25F2N7/c1-5-23(24,25)20-26-21(22(2,3)4)32(29-20)14-15-9-11-16(12-10-15)17-7-6-8-18(13-17)19-27-30-31-28-19/h6-13H,5,14H2,1-4H3,(H,27,28,30,31). The van der Waals surface area contributed by atoms with Gasteiger partial charge in [-0.2, -0.15) is 14.0 Å². The molecule has 7 nitrogen and oxygen atoms in total. The van der Waals surface area contributed by atoms with Crippen molar-refractivity contribution in [3.8, 4) is 22.5 Å². The van der Waals surface area contributed by atoms with Crippen molar-refractivity contribution < 1.29 is 8.78 Å². The minimum absolute atomic E-state index is 0.335.